The zero-order valence-electron chi connectivity index (χ0n) is 2.42. The van der Waals surface area contributed by atoms with E-state index in [1.54, 1.807) is 0 Å². The van der Waals surface area contributed by atoms with Gasteiger partial charge in [-0.05, 0) is 0 Å². The van der Waals surface area contributed by atoms with Crippen molar-refractivity contribution in [2.24, 2.45) is 0 Å². The van der Waals surface area contributed by atoms with Gasteiger partial charge in [0.05, 0.1) is 0 Å². The summed E-state index contributed by atoms with van der Waals surface area (Å²) in [6.07, 6.45) is 0. The molecule has 0 N–H and O–H groups in total. The maximum absolute atomic E-state index is 9.81. The van der Waals surface area contributed by atoms with Gasteiger partial charge < -0.3 is 0 Å². The third-order valence-corrected chi connectivity index (χ3v) is 0. The standard InChI is InChI=1S/Bi.Ca.2FH.HI.K.3H/h;;3*1H;;;;/q+1;+2;;;;;;;/p-3. The predicted molar refractivity (Wildman–Crippen MR) is 37.7 cm³/mol. The van der Waals surface area contributed by atoms with Gasteiger partial charge in [0.2, 0.25) is 0 Å². The van der Waals surface area contributed by atoms with Crippen LogP contribution in [0.5, 0.6) is 0 Å². The molecule has 0 saturated heterocycles. The number of rotatable bonds is 0. The van der Waals surface area contributed by atoms with Gasteiger partial charge in [-0.2, -0.15) is 0 Å². The first-order chi connectivity index (χ1) is 2.41. The van der Waals surface area contributed by atoms with Gasteiger partial charge in [-0.3, -0.25) is 0 Å². The van der Waals surface area contributed by atoms with Crippen molar-refractivity contribution in [1.29, 1.82) is 0 Å². The molecule has 0 aliphatic rings. The zero-order valence-corrected chi connectivity index (χ0v) is 11.3. The van der Waals surface area contributed by atoms with Crippen LogP contribution in [0.4, 0.5) is 2.73 Å². The van der Waals surface area contributed by atoms with Crippen molar-refractivity contribution in [3.63, 3.8) is 0 Å². The SMILES string of the molecule is [F][Ca][F].[I][BiH2].[KH]. The van der Waals surface area contributed by atoms with Gasteiger partial charge in [-0.15, -0.1) is 0 Å². The minimum atomic E-state index is -2.88. The topological polar surface area (TPSA) is 0 Å². The van der Waals surface area contributed by atoms with Gasteiger partial charge in [0.25, 0.3) is 0 Å². The predicted octanol–water partition coefficient (Wildman–Crippen LogP) is -0.219. The van der Waals surface area contributed by atoms with E-state index in [1.807, 2.05) is 0 Å². The number of hydrogen-bond donors (Lipinski definition) is 0. The average molecular weight is 456 g/mol. The summed E-state index contributed by atoms with van der Waals surface area (Å²) in [4.78, 5) is 0. The fraction of sp³-hybridized carbons (Fsp3) is 0. The fourth-order valence-corrected chi connectivity index (χ4v) is 0. The summed E-state index contributed by atoms with van der Waals surface area (Å²) >= 11 is 0.578. The van der Waals surface area contributed by atoms with Gasteiger partial charge >= 0.3 is 128 Å². The Labute approximate surface area is 124 Å². The molecule has 0 saturated carbocycles. The zero-order chi connectivity index (χ0) is 4.71. The molecule has 0 aliphatic heterocycles. The molecule has 0 aromatic carbocycles. The average Bonchev–Trinajstić information content (AvgIpc) is 1.46. The summed E-state index contributed by atoms with van der Waals surface area (Å²) in [7, 11) is 0. The van der Waals surface area contributed by atoms with E-state index in [9.17, 15) is 2.73 Å². The summed E-state index contributed by atoms with van der Waals surface area (Å²) in [5, 5.41) is 0. The first-order valence-corrected chi connectivity index (χ1v) is 15.0. The molecule has 0 atom stereocenters. The van der Waals surface area contributed by atoms with Gasteiger partial charge in [-0.1, -0.05) is 0 Å². The van der Waals surface area contributed by atoms with Crippen LogP contribution in [0.15, 0.2) is 0 Å². The fourth-order valence-electron chi connectivity index (χ4n) is 0. The molecule has 0 aromatic heterocycles. The van der Waals surface area contributed by atoms with Crippen LogP contribution in [0.2, 0.25) is 0 Å². The molecule has 32 valence electrons. The van der Waals surface area contributed by atoms with Gasteiger partial charge in [0.15, 0.2) is 0 Å². The van der Waals surface area contributed by atoms with Crippen molar-refractivity contribution in [3.05, 3.63) is 0 Å². The molecule has 0 bridgehead atoms. The molecule has 0 heterocycles. The molecule has 0 nitrogen and oxygen atoms in total. The summed E-state index contributed by atoms with van der Waals surface area (Å²) in [5.74, 6) is 0. The molecule has 0 spiro atoms. The van der Waals surface area contributed by atoms with Crippen LogP contribution in [0.1, 0.15) is 0 Å². The van der Waals surface area contributed by atoms with E-state index >= 15 is 0 Å². The number of hydrogen-bond acceptors (Lipinski definition) is 0. The van der Waals surface area contributed by atoms with Gasteiger partial charge in [-0.25, -0.2) is 0 Å². The maximum atomic E-state index is 9.81. The van der Waals surface area contributed by atoms with Crippen molar-refractivity contribution < 1.29 is 2.73 Å². The molecule has 6 heteroatoms. The van der Waals surface area contributed by atoms with Crippen molar-refractivity contribution in [3.8, 4) is 0 Å². The van der Waals surface area contributed by atoms with Crippen LogP contribution in [-0.4, -0.2) is 107 Å². The molecule has 0 aromatic rings. The summed E-state index contributed by atoms with van der Waals surface area (Å²) < 4.78 is 19.6. The molecule has 0 fully saturated rings. The third-order valence-electron chi connectivity index (χ3n) is 0. The van der Waals surface area contributed by atoms with E-state index in [0.717, 1.165) is 20.5 Å². The molecule has 0 amide bonds. The van der Waals surface area contributed by atoms with E-state index < -0.39 is 35.4 Å². The molecule has 0 radical (unpaired) electrons. The van der Waals surface area contributed by atoms with E-state index in [1.165, 1.54) is 0 Å². The van der Waals surface area contributed by atoms with Crippen LogP contribution >= 0.6 is 18.0 Å². The van der Waals surface area contributed by atoms with Crippen molar-refractivity contribution >= 4 is 125 Å². The first kappa shape index (κ1) is 16.8. The van der Waals surface area contributed by atoms with E-state index in [0.29, 0.717) is 0 Å². The molecular weight excluding hydrogens is 453 g/mol. The minimum absolute atomic E-state index is 0. The van der Waals surface area contributed by atoms with Crippen LogP contribution in [0, 0.1) is 0 Å². The molecule has 6 heavy (non-hydrogen) atoms. The molecule has 0 unspecified atom stereocenters. The Kier molecular flexibility index (Phi) is 63.6. The normalized spacial score (nSPS) is 2.67. The molecule has 0 aliphatic carbocycles. The Morgan fingerprint density at radius 3 is 1.33 bits per heavy atom. The summed E-state index contributed by atoms with van der Waals surface area (Å²) in [6, 6.07) is 0. The van der Waals surface area contributed by atoms with E-state index in [4.69, 9.17) is 0 Å². The molecular formula is H3BiCaF2IK. The first-order valence-electron chi connectivity index (χ1n) is 0.753. The Morgan fingerprint density at radius 2 is 1.33 bits per heavy atom. The summed E-state index contributed by atoms with van der Waals surface area (Å²) in [5.41, 5.74) is 0. The van der Waals surface area contributed by atoms with Crippen LogP contribution in [0.25, 0.3) is 0 Å². The van der Waals surface area contributed by atoms with E-state index in [2.05, 4.69) is 18.0 Å². The Bertz CT molecular complexity index is 13.5. The second-order valence-electron chi connectivity index (χ2n) is 0.101. The monoisotopic (exact) mass is 456 g/mol. The second kappa shape index (κ2) is 22.8. The van der Waals surface area contributed by atoms with Crippen LogP contribution < -0.4 is 0 Å². The Morgan fingerprint density at radius 1 is 1.33 bits per heavy atom. The Balaban J connectivity index is -0.0000000275. The van der Waals surface area contributed by atoms with Gasteiger partial charge in [0.1, 0.15) is 0 Å². The Hall–Kier alpha value is 4.37. The third kappa shape index (κ3) is 23.8. The van der Waals surface area contributed by atoms with Crippen molar-refractivity contribution in [2.75, 3.05) is 0 Å². The van der Waals surface area contributed by atoms with Crippen LogP contribution in [0.3, 0.4) is 0 Å². The van der Waals surface area contributed by atoms with Crippen LogP contribution in [-0.2, 0) is 0 Å². The molecule has 0 rings (SSSR count). The quantitative estimate of drug-likeness (QED) is 0.350. The van der Waals surface area contributed by atoms with E-state index in [-0.39, 0.29) is 51.4 Å². The summed E-state index contributed by atoms with van der Waals surface area (Å²) in [6.45, 7) is 0. The van der Waals surface area contributed by atoms with Crippen molar-refractivity contribution in [1.82, 2.24) is 0 Å². The second-order valence-corrected chi connectivity index (χ2v) is 0.416. The van der Waals surface area contributed by atoms with Crippen molar-refractivity contribution in [2.45, 2.75) is 0 Å². The van der Waals surface area contributed by atoms with Gasteiger partial charge in [0, 0.05) is 0 Å². The number of halogens is 3.